The van der Waals surface area contributed by atoms with E-state index in [1.165, 1.54) is 17.8 Å². The number of anilines is 1. The van der Waals surface area contributed by atoms with Crippen molar-refractivity contribution in [3.63, 3.8) is 0 Å². The van der Waals surface area contributed by atoms with Crippen LogP contribution < -0.4 is 5.32 Å². The zero-order valence-corrected chi connectivity index (χ0v) is 15.3. The first-order valence-corrected chi connectivity index (χ1v) is 9.07. The van der Waals surface area contributed by atoms with Crippen LogP contribution in [0.4, 0.5) is 18.9 Å². The van der Waals surface area contributed by atoms with Gasteiger partial charge in [0.1, 0.15) is 5.25 Å². The molecule has 0 aliphatic carbocycles. The fourth-order valence-corrected chi connectivity index (χ4v) is 3.96. The number of hydrogen-bond acceptors (Lipinski definition) is 4. The number of fused-ring (bicyclic) bond motifs is 1. The van der Waals surface area contributed by atoms with Crippen LogP contribution in [-0.2, 0) is 26.9 Å². The lowest BCUT2D eigenvalue weighted by Crippen LogP contribution is -2.26. The third-order valence-corrected chi connectivity index (χ3v) is 5.35. The van der Waals surface area contributed by atoms with E-state index >= 15 is 0 Å². The summed E-state index contributed by atoms with van der Waals surface area (Å²) in [4.78, 5) is 25.0. The number of alkyl halides is 3. The van der Waals surface area contributed by atoms with Crippen LogP contribution in [0.2, 0.25) is 5.02 Å². The Kier molecular flexibility index (Phi) is 5.67. The molecule has 9 heteroatoms. The Labute approximate surface area is 162 Å². The second kappa shape index (κ2) is 7.82. The molecule has 0 fully saturated rings. The van der Waals surface area contributed by atoms with E-state index in [1.807, 2.05) is 24.3 Å². The van der Waals surface area contributed by atoms with Crippen molar-refractivity contribution in [1.29, 1.82) is 0 Å². The fraction of sp³-hybridized carbons (Fsp3) is 0.222. The number of hydrogen-bond donors (Lipinski definition) is 1. The van der Waals surface area contributed by atoms with Crippen molar-refractivity contribution >= 4 is 40.9 Å². The molecule has 0 radical (unpaired) electrons. The second-order valence-corrected chi connectivity index (χ2v) is 7.44. The zero-order valence-electron chi connectivity index (χ0n) is 13.7. The van der Waals surface area contributed by atoms with Gasteiger partial charge in [-0.1, -0.05) is 29.8 Å². The molecule has 1 aliphatic rings. The molecule has 27 heavy (non-hydrogen) atoms. The van der Waals surface area contributed by atoms with Crippen molar-refractivity contribution in [2.24, 2.45) is 0 Å². The number of ether oxygens (including phenoxy) is 1. The molecule has 2 aromatic carbocycles. The molecule has 4 nitrogen and oxygen atoms in total. The topological polar surface area (TPSA) is 55.4 Å². The van der Waals surface area contributed by atoms with Crippen LogP contribution in [0, 0.1) is 0 Å². The fourth-order valence-electron chi connectivity index (χ4n) is 2.59. The minimum Gasteiger partial charge on any atom is -0.455 e. The molecule has 0 saturated heterocycles. The summed E-state index contributed by atoms with van der Waals surface area (Å²) in [7, 11) is 0. The van der Waals surface area contributed by atoms with Crippen molar-refractivity contribution in [3.8, 4) is 0 Å². The van der Waals surface area contributed by atoms with Crippen LogP contribution in [-0.4, -0.2) is 23.7 Å². The van der Waals surface area contributed by atoms with Gasteiger partial charge in [0.15, 0.2) is 6.61 Å². The SMILES string of the molecule is O=C(COC(=O)C1Cc2ccccc2S1)Nc1ccc(Cl)cc1C(F)(F)F. The van der Waals surface area contributed by atoms with Gasteiger partial charge in [-0.15, -0.1) is 11.8 Å². The van der Waals surface area contributed by atoms with E-state index in [-0.39, 0.29) is 5.02 Å². The lowest BCUT2D eigenvalue weighted by atomic mass is 10.1. The number of halogens is 4. The molecule has 1 unspecified atom stereocenters. The Morgan fingerprint density at radius 1 is 1.22 bits per heavy atom. The second-order valence-electron chi connectivity index (χ2n) is 5.76. The van der Waals surface area contributed by atoms with Crippen LogP contribution in [0.15, 0.2) is 47.4 Å². The molecule has 2 aromatic rings. The lowest BCUT2D eigenvalue weighted by Gasteiger charge is -2.14. The van der Waals surface area contributed by atoms with Gasteiger partial charge >= 0.3 is 12.1 Å². The number of amides is 1. The van der Waals surface area contributed by atoms with Crippen molar-refractivity contribution in [2.75, 3.05) is 11.9 Å². The summed E-state index contributed by atoms with van der Waals surface area (Å²) in [5.41, 5.74) is -0.503. The summed E-state index contributed by atoms with van der Waals surface area (Å²) in [5.74, 6) is -1.45. The summed E-state index contributed by atoms with van der Waals surface area (Å²) in [6.45, 7) is -0.674. The minimum atomic E-state index is -4.68. The van der Waals surface area contributed by atoms with E-state index in [1.54, 1.807) is 0 Å². The summed E-state index contributed by atoms with van der Waals surface area (Å²) in [5, 5.41) is 1.52. The molecule has 1 atom stereocenters. The lowest BCUT2D eigenvalue weighted by molar-refractivity contribution is -0.146. The molecule has 1 amide bonds. The van der Waals surface area contributed by atoms with Gasteiger partial charge in [0, 0.05) is 9.92 Å². The number of rotatable bonds is 4. The predicted octanol–water partition coefficient (Wildman–Crippen LogP) is 4.56. The van der Waals surface area contributed by atoms with Gasteiger partial charge in [-0.3, -0.25) is 9.59 Å². The van der Waals surface area contributed by atoms with Crippen LogP contribution in [0.25, 0.3) is 0 Å². The Balaban J connectivity index is 1.57. The Hall–Kier alpha value is -2.19. The Bertz CT molecular complexity index is 863. The molecule has 0 saturated carbocycles. The van der Waals surface area contributed by atoms with Crippen LogP contribution in [0.5, 0.6) is 0 Å². The summed E-state index contributed by atoms with van der Waals surface area (Å²) < 4.78 is 44.0. The van der Waals surface area contributed by atoms with Crippen molar-refractivity contribution < 1.29 is 27.5 Å². The largest absolute Gasteiger partial charge is 0.455 e. The summed E-state index contributed by atoms with van der Waals surface area (Å²) >= 11 is 6.93. The first kappa shape index (κ1) is 19.6. The van der Waals surface area contributed by atoms with Gasteiger partial charge in [0.2, 0.25) is 0 Å². The van der Waals surface area contributed by atoms with E-state index in [2.05, 4.69) is 5.32 Å². The Morgan fingerprint density at radius 3 is 2.67 bits per heavy atom. The van der Waals surface area contributed by atoms with Gasteiger partial charge in [-0.2, -0.15) is 13.2 Å². The van der Waals surface area contributed by atoms with Gasteiger partial charge in [0.25, 0.3) is 5.91 Å². The maximum absolute atomic E-state index is 13.0. The molecule has 1 N–H and O–H groups in total. The zero-order chi connectivity index (χ0) is 19.6. The highest BCUT2D eigenvalue weighted by atomic mass is 35.5. The molecule has 1 heterocycles. The summed E-state index contributed by atoms with van der Waals surface area (Å²) in [6, 6.07) is 10.5. The number of thioether (sulfide) groups is 1. The molecule has 1 aliphatic heterocycles. The molecule has 0 aromatic heterocycles. The van der Waals surface area contributed by atoms with E-state index in [9.17, 15) is 22.8 Å². The number of benzene rings is 2. The number of nitrogens with one attached hydrogen (secondary N) is 1. The Morgan fingerprint density at radius 2 is 1.96 bits per heavy atom. The normalized spacial score (nSPS) is 15.9. The highest BCUT2D eigenvalue weighted by Crippen LogP contribution is 2.38. The molecule has 3 rings (SSSR count). The predicted molar refractivity (Wildman–Crippen MR) is 95.8 cm³/mol. The minimum absolute atomic E-state index is 0.107. The smallest absolute Gasteiger partial charge is 0.418 e. The molecule has 0 spiro atoms. The van der Waals surface area contributed by atoms with Crippen molar-refractivity contribution in [2.45, 2.75) is 22.7 Å². The van der Waals surface area contributed by atoms with Crippen LogP contribution in [0.3, 0.4) is 0 Å². The molecule has 142 valence electrons. The highest BCUT2D eigenvalue weighted by Gasteiger charge is 2.34. The summed E-state index contributed by atoms with van der Waals surface area (Å²) in [6.07, 6.45) is -4.20. The van der Waals surface area contributed by atoms with Gasteiger partial charge < -0.3 is 10.1 Å². The molecular formula is C18H13ClF3NO3S. The van der Waals surface area contributed by atoms with Crippen molar-refractivity contribution in [1.82, 2.24) is 0 Å². The third-order valence-electron chi connectivity index (χ3n) is 3.82. The van der Waals surface area contributed by atoms with Crippen molar-refractivity contribution in [3.05, 3.63) is 58.6 Å². The van der Waals surface area contributed by atoms with Crippen LogP contribution in [0.1, 0.15) is 11.1 Å². The number of carbonyl (C=O) groups is 2. The maximum Gasteiger partial charge on any atom is 0.418 e. The average molecular weight is 416 g/mol. The maximum atomic E-state index is 13.0. The monoisotopic (exact) mass is 415 g/mol. The standard InChI is InChI=1S/C18H13ClF3NO3S/c19-11-5-6-13(12(8-11)18(20,21)22)23-16(24)9-26-17(25)15-7-10-3-1-2-4-14(10)27-15/h1-6,8,15H,7,9H2,(H,23,24). The first-order valence-electron chi connectivity index (χ1n) is 7.82. The van der Waals surface area contributed by atoms with E-state index < -0.39 is 41.2 Å². The number of esters is 1. The van der Waals surface area contributed by atoms with E-state index in [4.69, 9.17) is 16.3 Å². The molecule has 0 bridgehead atoms. The van der Waals surface area contributed by atoms with E-state index in [0.717, 1.165) is 22.6 Å². The van der Waals surface area contributed by atoms with Gasteiger partial charge in [0.05, 0.1) is 11.3 Å². The number of carbonyl (C=O) groups excluding carboxylic acids is 2. The average Bonchev–Trinajstić information content (AvgIpc) is 3.04. The third kappa shape index (κ3) is 4.75. The first-order chi connectivity index (χ1) is 12.7. The van der Waals surface area contributed by atoms with Gasteiger partial charge in [-0.05, 0) is 36.2 Å². The van der Waals surface area contributed by atoms with Gasteiger partial charge in [-0.25, -0.2) is 0 Å². The van der Waals surface area contributed by atoms with E-state index in [0.29, 0.717) is 6.42 Å². The highest BCUT2D eigenvalue weighted by molar-refractivity contribution is 8.01. The molecular weight excluding hydrogens is 403 g/mol. The van der Waals surface area contributed by atoms with Crippen LogP contribution >= 0.6 is 23.4 Å². The quantitative estimate of drug-likeness (QED) is 0.744.